The smallest absolute Gasteiger partial charge is 0.264 e. The van der Waals surface area contributed by atoms with Crippen molar-refractivity contribution in [2.75, 3.05) is 13.1 Å². The predicted molar refractivity (Wildman–Crippen MR) is 136 cm³/mol. The molecule has 1 aliphatic heterocycles. The number of carbonyl (C=O) groups excluding carboxylic acids is 1. The molecule has 2 aromatic heterocycles. The number of aliphatic hydroxyl groups is 1. The summed E-state index contributed by atoms with van der Waals surface area (Å²) in [7, 11) is 0. The number of benzene rings is 1. The van der Waals surface area contributed by atoms with Crippen LogP contribution < -0.4 is 10.9 Å². The lowest BCUT2D eigenvalue weighted by Crippen LogP contribution is -2.51. The van der Waals surface area contributed by atoms with Gasteiger partial charge < -0.3 is 15.3 Å². The molecule has 0 bridgehead atoms. The topological polar surface area (TPSA) is 105 Å². The number of carbonyl (C=O) groups is 1. The van der Waals surface area contributed by atoms with E-state index in [2.05, 4.69) is 15.4 Å². The van der Waals surface area contributed by atoms with Crippen molar-refractivity contribution in [3.63, 3.8) is 0 Å². The largest absolute Gasteiger partial charge is 0.388 e. The molecule has 0 radical (unpaired) electrons. The van der Waals surface area contributed by atoms with Gasteiger partial charge in [0.05, 0.1) is 24.0 Å². The van der Waals surface area contributed by atoms with Crippen molar-refractivity contribution < 1.29 is 14.3 Å². The SMILES string of the molecule is O=c1c2cnn(-c3ccc(F)cc3)c2ncn1CC1(O)CCN(C(=O)[C@H]2CC[C@@H](NC3CC3)CC2)CC1. The van der Waals surface area contributed by atoms with Crippen LogP contribution in [0, 0.1) is 11.7 Å². The molecule has 0 unspecified atom stereocenters. The molecule has 3 fully saturated rings. The van der Waals surface area contributed by atoms with Crippen LogP contribution in [0.15, 0.2) is 41.6 Å². The van der Waals surface area contributed by atoms with Gasteiger partial charge in [-0.3, -0.25) is 14.2 Å². The molecule has 3 aromatic rings. The van der Waals surface area contributed by atoms with Crippen LogP contribution in [0.2, 0.25) is 0 Å². The van der Waals surface area contributed by atoms with E-state index in [1.807, 2.05) is 4.90 Å². The van der Waals surface area contributed by atoms with Gasteiger partial charge in [-0.1, -0.05) is 0 Å². The van der Waals surface area contributed by atoms with Gasteiger partial charge >= 0.3 is 0 Å². The summed E-state index contributed by atoms with van der Waals surface area (Å²) in [4.78, 5) is 32.6. The number of halogens is 1. The lowest BCUT2D eigenvalue weighted by molar-refractivity contribution is -0.141. The van der Waals surface area contributed by atoms with Crippen molar-refractivity contribution in [1.29, 1.82) is 0 Å². The van der Waals surface area contributed by atoms with Gasteiger partial charge in [0, 0.05) is 31.1 Å². The van der Waals surface area contributed by atoms with Crippen LogP contribution in [0.25, 0.3) is 16.7 Å². The fourth-order valence-electron chi connectivity index (χ4n) is 5.80. The summed E-state index contributed by atoms with van der Waals surface area (Å²) in [5.74, 6) is -0.0687. The van der Waals surface area contributed by atoms with Crippen molar-refractivity contribution in [2.45, 2.75) is 75.6 Å². The molecule has 3 aliphatic rings. The molecule has 37 heavy (non-hydrogen) atoms. The normalized spacial score (nSPS) is 23.9. The molecule has 6 rings (SSSR count). The second-order valence-electron chi connectivity index (χ2n) is 11.0. The Morgan fingerprint density at radius 1 is 1.05 bits per heavy atom. The monoisotopic (exact) mass is 508 g/mol. The minimum atomic E-state index is -1.09. The highest BCUT2D eigenvalue weighted by Crippen LogP contribution is 2.31. The Morgan fingerprint density at radius 3 is 2.35 bits per heavy atom. The number of nitrogens with one attached hydrogen (secondary N) is 1. The third-order valence-electron chi connectivity index (χ3n) is 8.22. The Morgan fingerprint density at radius 2 is 1.70 bits per heavy atom. The van der Waals surface area contributed by atoms with Gasteiger partial charge in [0.1, 0.15) is 17.5 Å². The van der Waals surface area contributed by atoms with Crippen LogP contribution in [0.5, 0.6) is 0 Å². The zero-order valence-electron chi connectivity index (χ0n) is 20.9. The van der Waals surface area contributed by atoms with Crippen LogP contribution in [0.4, 0.5) is 4.39 Å². The van der Waals surface area contributed by atoms with Crippen molar-refractivity contribution in [3.05, 3.63) is 53.0 Å². The van der Waals surface area contributed by atoms with Crippen LogP contribution in [0.1, 0.15) is 51.4 Å². The number of hydrogen-bond donors (Lipinski definition) is 2. The van der Waals surface area contributed by atoms with E-state index < -0.39 is 5.60 Å². The van der Waals surface area contributed by atoms with E-state index in [0.717, 1.165) is 25.7 Å². The van der Waals surface area contributed by atoms with E-state index in [0.29, 0.717) is 54.7 Å². The van der Waals surface area contributed by atoms with Crippen LogP contribution in [0.3, 0.4) is 0 Å². The van der Waals surface area contributed by atoms with E-state index in [1.165, 1.54) is 46.7 Å². The van der Waals surface area contributed by atoms with Gasteiger partial charge in [-0.2, -0.15) is 5.10 Å². The summed E-state index contributed by atoms with van der Waals surface area (Å²) in [5, 5.41) is 19.6. The van der Waals surface area contributed by atoms with E-state index >= 15 is 0 Å². The number of hydrogen-bond acceptors (Lipinski definition) is 6. The second-order valence-corrected chi connectivity index (χ2v) is 11.0. The lowest BCUT2D eigenvalue weighted by Gasteiger charge is -2.40. The zero-order chi connectivity index (χ0) is 25.6. The van der Waals surface area contributed by atoms with E-state index in [4.69, 9.17) is 0 Å². The van der Waals surface area contributed by atoms with Crippen LogP contribution in [-0.2, 0) is 11.3 Å². The highest BCUT2D eigenvalue weighted by atomic mass is 19.1. The zero-order valence-corrected chi connectivity index (χ0v) is 20.9. The molecule has 2 N–H and O–H groups in total. The summed E-state index contributed by atoms with van der Waals surface area (Å²) in [5.41, 5.74) is -0.400. The van der Waals surface area contributed by atoms with Crippen molar-refractivity contribution in [2.24, 2.45) is 5.92 Å². The molecule has 0 atom stereocenters. The molecule has 10 heteroatoms. The highest BCUT2D eigenvalue weighted by Gasteiger charge is 2.38. The minimum Gasteiger partial charge on any atom is -0.388 e. The Labute approximate surface area is 214 Å². The summed E-state index contributed by atoms with van der Waals surface area (Å²) in [6, 6.07) is 7.05. The molecule has 1 aromatic carbocycles. The van der Waals surface area contributed by atoms with Crippen molar-refractivity contribution >= 4 is 16.9 Å². The van der Waals surface area contributed by atoms with Crippen molar-refractivity contribution in [3.8, 4) is 5.69 Å². The number of rotatable bonds is 6. The number of amides is 1. The fourth-order valence-corrected chi connectivity index (χ4v) is 5.80. The standard InChI is InChI=1S/C27H33FN6O3/c28-19-3-9-22(10-4-19)34-24-23(15-30-34)26(36)33(17-29-24)16-27(37)11-13-32(14-12-27)25(35)18-1-5-20(6-2-18)31-21-7-8-21/h3-4,9-10,15,17-18,20-21,31,37H,1-2,5-8,11-14,16H2/t18-,20+. The van der Waals surface area contributed by atoms with Gasteiger partial charge in [-0.15, -0.1) is 0 Å². The molecule has 9 nitrogen and oxygen atoms in total. The Kier molecular flexibility index (Phi) is 6.32. The van der Waals surface area contributed by atoms with Gasteiger partial charge in [0.2, 0.25) is 5.91 Å². The third-order valence-corrected chi connectivity index (χ3v) is 8.22. The average molecular weight is 509 g/mol. The molecule has 3 heterocycles. The van der Waals surface area contributed by atoms with Gasteiger partial charge in [-0.05, 0) is 75.6 Å². The Bertz CT molecular complexity index is 1330. The predicted octanol–water partition coefficient (Wildman–Crippen LogP) is 2.39. The summed E-state index contributed by atoms with van der Waals surface area (Å²) in [6.45, 7) is 1.08. The maximum Gasteiger partial charge on any atom is 0.264 e. The minimum absolute atomic E-state index is 0.0790. The summed E-state index contributed by atoms with van der Waals surface area (Å²) >= 11 is 0. The highest BCUT2D eigenvalue weighted by molar-refractivity contribution is 5.79. The van der Waals surface area contributed by atoms with Crippen molar-refractivity contribution in [1.82, 2.24) is 29.5 Å². The van der Waals surface area contributed by atoms with Gasteiger partial charge in [-0.25, -0.2) is 14.1 Å². The molecule has 2 saturated carbocycles. The van der Waals surface area contributed by atoms with Crippen LogP contribution >= 0.6 is 0 Å². The summed E-state index contributed by atoms with van der Waals surface area (Å²) in [6.07, 6.45) is 10.2. The van der Waals surface area contributed by atoms with E-state index in [-0.39, 0.29) is 29.7 Å². The maximum absolute atomic E-state index is 13.3. The van der Waals surface area contributed by atoms with E-state index in [1.54, 1.807) is 12.1 Å². The number of piperidine rings is 1. The first-order chi connectivity index (χ1) is 17.9. The average Bonchev–Trinajstić information content (AvgIpc) is 3.61. The van der Waals surface area contributed by atoms with Gasteiger partial charge in [0.15, 0.2) is 5.65 Å². The number of nitrogens with zero attached hydrogens (tertiary/aromatic N) is 5. The van der Waals surface area contributed by atoms with E-state index in [9.17, 15) is 19.1 Å². The molecule has 1 amide bonds. The molecule has 1 saturated heterocycles. The molecule has 0 spiro atoms. The number of likely N-dealkylation sites (tertiary alicyclic amines) is 1. The molecule has 2 aliphatic carbocycles. The number of aromatic nitrogens is 4. The first kappa shape index (κ1) is 24.2. The third kappa shape index (κ3) is 5.04. The molecule has 196 valence electrons. The molecular weight excluding hydrogens is 475 g/mol. The lowest BCUT2D eigenvalue weighted by atomic mass is 9.84. The fraction of sp³-hybridized carbons (Fsp3) is 0.556. The quantitative estimate of drug-likeness (QED) is 0.530. The second kappa shape index (κ2) is 9.64. The maximum atomic E-state index is 13.3. The van der Waals surface area contributed by atoms with Crippen LogP contribution in [-0.4, -0.2) is 66.0 Å². The Hall–Kier alpha value is -3.11. The number of fused-ring (bicyclic) bond motifs is 1. The van der Waals surface area contributed by atoms with Gasteiger partial charge in [0.25, 0.3) is 5.56 Å². The molecular formula is C27H33FN6O3. The first-order valence-electron chi connectivity index (χ1n) is 13.3. The first-order valence-corrected chi connectivity index (χ1v) is 13.3. The Balaban J connectivity index is 1.08. The summed E-state index contributed by atoms with van der Waals surface area (Å²) < 4.78 is 16.2.